The highest BCUT2D eigenvalue weighted by molar-refractivity contribution is 5.72. The van der Waals surface area contributed by atoms with Gasteiger partial charge in [-0.1, -0.05) is 36.4 Å². The Labute approximate surface area is 208 Å². The van der Waals surface area contributed by atoms with Crippen molar-refractivity contribution in [3.05, 3.63) is 111 Å². The summed E-state index contributed by atoms with van der Waals surface area (Å²) in [6.45, 7) is 1.82. The first-order chi connectivity index (χ1) is 17.6. The third-order valence-corrected chi connectivity index (χ3v) is 5.72. The highest BCUT2D eigenvalue weighted by Crippen LogP contribution is 2.35. The van der Waals surface area contributed by atoms with E-state index in [0.29, 0.717) is 30.1 Å². The summed E-state index contributed by atoms with van der Waals surface area (Å²) < 4.78 is 75.6. The monoisotopic (exact) mass is 510 g/mol. The second kappa shape index (κ2) is 10.3. The van der Waals surface area contributed by atoms with Crippen molar-refractivity contribution in [3.63, 3.8) is 0 Å². The van der Waals surface area contributed by atoms with Crippen LogP contribution in [0.4, 0.5) is 22.0 Å². The molecule has 9 heteroatoms. The topological polar surface area (TPSA) is 55.0 Å². The number of rotatable bonds is 6. The van der Waals surface area contributed by atoms with Crippen molar-refractivity contribution in [1.82, 2.24) is 4.57 Å². The van der Waals surface area contributed by atoms with Crippen LogP contribution in [0.5, 0.6) is 5.75 Å². The van der Waals surface area contributed by atoms with Crippen LogP contribution in [0.2, 0.25) is 0 Å². The van der Waals surface area contributed by atoms with Gasteiger partial charge in [-0.25, -0.2) is 8.78 Å². The van der Waals surface area contributed by atoms with Crippen molar-refractivity contribution in [2.75, 3.05) is 6.61 Å². The summed E-state index contributed by atoms with van der Waals surface area (Å²) in [6.07, 6.45) is -4.98. The molecule has 0 aliphatic rings. The highest BCUT2D eigenvalue weighted by Gasteiger charge is 2.36. The zero-order valence-electron chi connectivity index (χ0n) is 19.4. The fourth-order valence-electron chi connectivity index (χ4n) is 3.96. The predicted molar refractivity (Wildman–Crippen MR) is 128 cm³/mol. The Morgan fingerprint density at radius 1 is 0.919 bits per heavy atom. The Morgan fingerprint density at radius 3 is 2.24 bits per heavy atom. The summed E-state index contributed by atoms with van der Waals surface area (Å²) in [7, 11) is 0. The number of nitrogens with zero attached hydrogens (tertiary/aromatic N) is 2. The van der Waals surface area contributed by atoms with E-state index in [1.54, 1.807) is 42.5 Å². The number of hydrogen-bond acceptors (Lipinski definition) is 3. The third-order valence-electron chi connectivity index (χ3n) is 5.72. The van der Waals surface area contributed by atoms with E-state index in [9.17, 15) is 32.0 Å². The average molecular weight is 510 g/mol. The van der Waals surface area contributed by atoms with E-state index in [2.05, 4.69) is 0 Å². The van der Waals surface area contributed by atoms with E-state index >= 15 is 0 Å². The maximum absolute atomic E-state index is 14.4. The van der Waals surface area contributed by atoms with Crippen LogP contribution in [0.25, 0.3) is 22.4 Å². The molecule has 4 nitrogen and oxygen atoms in total. The molecule has 0 amide bonds. The highest BCUT2D eigenvalue weighted by atomic mass is 19.4. The minimum absolute atomic E-state index is 0.129. The molecule has 0 saturated heterocycles. The van der Waals surface area contributed by atoms with Gasteiger partial charge in [0.05, 0.1) is 24.4 Å². The lowest BCUT2D eigenvalue weighted by Gasteiger charge is -2.18. The lowest BCUT2D eigenvalue weighted by atomic mass is 9.99. The van der Waals surface area contributed by atoms with E-state index < -0.39 is 41.0 Å². The molecule has 0 atom stereocenters. The zero-order valence-corrected chi connectivity index (χ0v) is 19.4. The molecule has 4 aromatic rings. The molecular weight excluding hydrogens is 491 g/mol. The molecule has 0 bridgehead atoms. The van der Waals surface area contributed by atoms with Crippen LogP contribution < -0.4 is 10.3 Å². The predicted octanol–water partition coefficient (Wildman–Crippen LogP) is 6.80. The number of hydrogen-bond donors (Lipinski definition) is 0. The molecule has 0 unspecified atom stereocenters. The van der Waals surface area contributed by atoms with Gasteiger partial charge in [0, 0.05) is 11.6 Å². The fraction of sp³-hybridized carbons (Fsp3) is 0.143. The van der Waals surface area contributed by atoms with Crippen LogP contribution in [0.3, 0.4) is 0 Å². The standard InChI is InChI=1S/C28H19F5N2O2/c1-2-37-22-10-7-17(8-11-22)18-4-3-5-19(12-18)26-14-24(28(31,32)33)23(15-34)27(36)35(26)16-20-6-9-21(29)13-25(20)30/h3-14H,2,16H2,1H3. The van der Waals surface area contributed by atoms with E-state index in [1.165, 1.54) is 12.1 Å². The zero-order chi connectivity index (χ0) is 26.7. The van der Waals surface area contributed by atoms with Crippen molar-refractivity contribution in [2.45, 2.75) is 19.6 Å². The maximum Gasteiger partial charge on any atom is 0.417 e. The molecule has 0 saturated carbocycles. The molecule has 1 heterocycles. The summed E-state index contributed by atoms with van der Waals surface area (Å²) in [5.41, 5.74) is -2.41. The number of pyridine rings is 1. The van der Waals surface area contributed by atoms with Gasteiger partial charge in [-0.15, -0.1) is 0 Å². The number of halogens is 5. The molecule has 0 N–H and O–H groups in total. The van der Waals surface area contributed by atoms with Crippen molar-refractivity contribution in [2.24, 2.45) is 0 Å². The molecule has 1 aromatic heterocycles. The number of benzene rings is 3. The average Bonchev–Trinajstić information content (AvgIpc) is 2.86. The van der Waals surface area contributed by atoms with E-state index in [0.717, 1.165) is 22.3 Å². The Kier molecular flexibility index (Phi) is 7.11. The summed E-state index contributed by atoms with van der Waals surface area (Å²) in [4.78, 5) is 13.1. The summed E-state index contributed by atoms with van der Waals surface area (Å²) >= 11 is 0. The first kappa shape index (κ1) is 25.6. The summed E-state index contributed by atoms with van der Waals surface area (Å²) in [5.74, 6) is -1.17. The van der Waals surface area contributed by atoms with Gasteiger partial charge >= 0.3 is 6.18 Å². The molecule has 0 aliphatic heterocycles. The smallest absolute Gasteiger partial charge is 0.417 e. The second-order valence-electron chi connectivity index (χ2n) is 8.09. The van der Waals surface area contributed by atoms with Crippen LogP contribution in [0.1, 0.15) is 23.6 Å². The first-order valence-corrected chi connectivity index (χ1v) is 11.1. The van der Waals surface area contributed by atoms with Crippen LogP contribution in [0.15, 0.2) is 77.6 Å². The van der Waals surface area contributed by atoms with Crippen molar-refractivity contribution < 1.29 is 26.7 Å². The molecule has 0 radical (unpaired) electrons. The van der Waals surface area contributed by atoms with E-state index in [1.807, 2.05) is 6.92 Å². The van der Waals surface area contributed by atoms with Gasteiger partial charge in [-0.3, -0.25) is 4.79 Å². The molecule has 0 spiro atoms. The Morgan fingerprint density at radius 2 is 1.62 bits per heavy atom. The molecule has 4 rings (SSSR count). The van der Waals surface area contributed by atoms with E-state index in [-0.39, 0.29) is 16.8 Å². The lowest BCUT2D eigenvalue weighted by Crippen LogP contribution is -2.29. The van der Waals surface area contributed by atoms with Gasteiger partial charge in [0.1, 0.15) is 29.0 Å². The van der Waals surface area contributed by atoms with Gasteiger partial charge < -0.3 is 9.30 Å². The van der Waals surface area contributed by atoms with E-state index in [4.69, 9.17) is 4.74 Å². The first-order valence-electron chi connectivity index (χ1n) is 11.1. The van der Waals surface area contributed by atoms with Crippen LogP contribution in [0, 0.1) is 23.0 Å². The molecule has 3 aromatic carbocycles. The Bertz CT molecular complexity index is 1550. The Balaban J connectivity index is 1.91. The lowest BCUT2D eigenvalue weighted by molar-refractivity contribution is -0.137. The van der Waals surface area contributed by atoms with Crippen LogP contribution >= 0.6 is 0 Å². The van der Waals surface area contributed by atoms with Gasteiger partial charge in [0.15, 0.2) is 0 Å². The summed E-state index contributed by atoms with van der Waals surface area (Å²) in [6, 6.07) is 18.3. The van der Waals surface area contributed by atoms with Crippen LogP contribution in [-0.4, -0.2) is 11.2 Å². The minimum atomic E-state index is -4.98. The minimum Gasteiger partial charge on any atom is -0.494 e. The largest absolute Gasteiger partial charge is 0.494 e. The number of alkyl halides is 3. The number of nitriles is 1. The molecule has 0 aliphatic carbocycles. The van der Waals surface area contributed by atoms with Crippen molar-refractivity contribution >= 4 is 0 Å². The Hall–Kier alpha value is -4.45. The maximum atomic E-state index is 14.4. The van der Waals surface area contributed by atoms with Crippen LogP contribution in [-0.2, 0) is 12.7 Å². The van der Waals surface area contributed by atoms with Gasteiger partial charge in [-0.05, 0) is 53.9 Å². The van der Waals surface area contributed by atoms with Gasteiger partial charge in [0.25, 0.3) is 5.56 Å². The molecule has 188 valence electrons. The van der Waals surface area contributed by atoms with Gasteiger partial charge in [0.2, 0.25) is 0 Å². The molecule has 37 heavy (non-hydrogen) atoms. The SMILES string of the molecule is CCOc1ccc(-c2cccc(-c3cc(C(F)(F)F)c(C#N)c(=O)n3Cc3ccc(F)cc3F)c2)cc1. The number of ether oxygens (including phenoxy) is 1. The van der Waals surface area contributed by atoms with Crippen molar-refractivity contribution in [1.29, 1.82) is 5.26 Å². The third kappa shape index (κ3) is 5.38. The normalized spacial score (nSPS) is 11.3. The number of aromatic nitrogens is 1. The second-order valence-corrected chi connectivity index (χ2v) is 8.09. The molecular formula is C28H19F5N2O2. The summed E-state index contributed by atoms with van der Waals surface area (Å²) in [5, 5.41) is 9.36. The quantitative estimate of drug-likeness (QED) is 0.268. The van der Waals surface area contributed by atoms with Crippen molar-refractivity contribution in [3.8, 4) is 34.2 Å². The van der Waals surface area contributed by atoms with Gasteiger partial charge in [-0.2, -0.15) is 18.4 Å². The molecule has 0 fully saturated rings. The fourth-order valence-corrected chi connectivity index (χ4v) is 3.96.